The van der Waals surface area contributed by atoms with Crippen LogP contribution in [0.5, 0.6) is 0 Å². The van der Waals surface area contributed by atoms with Gasteiger partial charge in [-0.05, 0) is 6.07 Å². The van der Waals surface area contributed by atoms with Gasteiger partial charge in [-0.2, -0.15) is 5.10 Å². The van der Waals surface area contributed by atoms with Gasteiger partial charge in [0.05, 0.1) is 42.6 Å². The van der Waals surface area contributed by atoms with Crippen molar-refractivity contribution in [3.63, 3.8) is 0 Å². The summed E-state index contributed by atoms with van der Waals surface area (Å²) in [5, 5.41) is 14.3. The van der Waals surface area contributed by atoms with Gasteiger partial charge in [0.25, 0.3) is 5.91 Å². The van der Waals surface area contributed by atoms with E-state index in [1.165, 1.54) is 12.4 Å². The smallest absolute Gasteiger partial charge is 0.268 e. The van der Waals surface area contributed by atoms with Crippen LogP contribution in [-0.2, 0) is 22.9 Å². The number of amides is 1. The topological polar surface area (TPSA) is 144 Å². The van der Waals surface area contributed by atoms with E-state index >= 15 is 0 Å². The fourth-order valence-corrected chi connectivity index (χ4v) is 3.39. The van der Waals surface area contributed by atoms with Gasteiger partial charge in [0.1, 0.15) is 27.5 Å². The third kappa shape index (κ3) is 3.94. The second-order valence-electron chi connectivity index (χ2n) is 5.94. The number of aliphatic hydroxyl groups excluding tert-OH is 1. The summed E-state index contributed by atoms with van der Waals surface area (Å²) in [5.74, 6) is -0.510. The van der Waals surface area contributed by atoms with Crippen LogP contribution < -0.4 is 10.6 Å². The maximum Gasteiger partial charge on any atom is 0.268 e. The van der Waals surface area contributed by atoms with Crippen LogP contribution in [0.3, 0.4) is 0 Å². The first-order valence-electron chi connectivity index (χ1n) is 7.52. The van der Waals surface area contributed by atoms with Crippen LogP contribution in [0.2, 0.25) is 0 Å². The lowest BCUT2D eigenvalue weighted by molar-refractivity contribution is 0.0995. The number of fused-ring (bicyclic) bond motifs is 1. The Morgan fingerprint density at radius 2 is 2.16 bits per heavy atom. The number of sulfone groups is 1. The van der Waals surface area contributed by atoms with E-state index in [1.807, 2.05) is 4.90 Å². The van der Waals surface area contributed by atoms with Crippen LogP contribution in [0.15, 0.2) is 18.5 Å². The number of primary amides is 1. The molecule has 11 heteroatoms. The van der Waals surface area contributed by atoms with Crippen molar-refractivity contribution in [2.45, 2.75) is 19.2 Å². The zero-order chi connectivity index (χ0) is 18.2. The molecule has 2 aromatic heterocycles. The van der Waals surface area contributed by atoms with Crippen LogP contribution >= 0.6 is 0 Å². The molecule has 0 saturated carbocycles. The molecule has 3 N–H and O–H groups in total. The maximum absolute atomic E-state index is 11.3. The number of hydrogen-bond acceptors (Lipinski definition) is 8. The maximum atomic E-state index is 11.3. The molecule has 1 aliphatic rings. The molecular weight excluding hydrogens is 348 g/mol. The molecule has 0 aromatic carbocycles. The molecule has 3 rings (SSSR count). The lowest BCUT2D eigenvalue weighted by Gasteiger charge is -2.28. The molecule has 0 bridgehead atoms. The Morgan fingerprint density at radius 1 is 1.40 bits per heavy atom. The Morgan fingerprint density at radius 3 is 2.84 bits per heavy atom. The number of hydrogen-bond donors (Lipinski definition) is 2. The molecule has 2 aromatic rings. The number of anilines is 1. The molecule has 25 heavy (non-hydrogen) atoms. The van der Waals surface area contributed by atoms with Gasteiger partial charge >= 0.3 is 0 Å². The molecule has 0 aliphatic carbocycles. The van der Waals surface area contributed by atoms with Gasteiger partial charge in [-0.25, -0.2) is 13.4 Å². The van der Waals surface area contributed by atoms with Crippen LogP contribution in [0.1, 0.15) is 28.0 Å². The van der Waals surface area contributed by atoms with Crippen LogP contribution in [0.25, 0.3) is 0 Å². The van der Waals surface area contributed by atoms with E-state index in [1.54, 1.807) is 10.7 Å². The first-order chi connectivity index (χ1) is 11.7. The van der Waals surface area contributed by atoms with E-state index in [9.17, 15) is 18.3 Å². The molecule has 134 valence electrons. The van der Waals surface area contributed by atoms with Gasteiger partial charge in [-0.3, -0.25) is 14.5 Å². The Balaban J connectivity index is 1.80. The third-order valence-electron chi connectivity index (χ3n) is 3.82. The van der Waals surface area contributed by atoms with Crippen molar-refractivity contribution in [2.75, 3.05) is 23.5 Å². The Hall–Kier alpha value is -2.53. The number of nitrogens with two attached hydrogens (primary N) is 1. The molecule has 0 spiro atoms. The minimum Gasteiger partial charge on any atom is -0.386 e. The number of aliphatic hydroxyl groups is 1. The Labute approximate surface area is 144 Å². The standard InChI is InChI=1S/C14H18N6O4S/c1-25(23,24)8-12(21)10-4-9-7-19(2-3-20(9)18-10)13-6-16-5-11(17-13)14(15)22/h4-6,12,21H,2-3,7-8H2,1H3,(H2,15,22)/t12-/m1/s1. The number of rotatable bonds is 5. The van der Waals surface area contributed by atoms with Crippen molar-refractivity contribution in [1.82, 2.24) is 19.7 Å². The number of carbonyl (C=O) groups is 1. The zero-order valence-corrected chi connectivity index (χ0v) is 14.3. The van der Waals surface area contributed by atoms with Crippen LogP contribution in [0.4, 0.5) is 5.82 Å². The van der Waals surface area contributed by atoms with Gasteiger partial charge in [0, 0.05) is 12.8 Å². The predicted octanol–water partition coefficient (Wildman–Crippen LogP) is -1.13. The quantitative estimate of drug-likeness (QED) is 0.676. The second-order valence-corrected chi connectivity index (χ2v) is 8.13. The summed E-state index contributed by atoms with van der Waals surface area (Å²) in [4.78, 5) is 21.3. The van der Waals surface area contributed by atoms with Crippen molar-refractivity contribution in [2.24, 2.45) is 5.73 Å². The summed E-state index contributed by atoms with van der Waals surface area (Å²) in [6, 6.07) is 1.67. The zero-order valence-electron chi connectivity index (χ0n) is 13.5. The molecular formula is C14H18N6O4S. The number of carbonyl (C=O) groups excluding carboxylic acids is 1. The average molecular weight is 366 g/mol. The molecule has 3 heterocycles. The van der Waals surface area contributed by atoms with Crippen molar-refractivity contribution < 1.29 is 18.3 Å². The summed E-state index contributed by atoms with van der Waals surface area (Å²) in [6.07, 6.45) is 2.75. The van der Waals surface area contributed by atoms with E-state index in [2.05, 4.69) is 15.1 Å². The van der Waals surface area contributed by atoms with Crippen LogP contribution in [0, 0.1) is 0 Å². The van der Waals surface area contributed by atoms with Gasteiger partial charge < -0.3 is 15.7 Å². The fourth-order valence-electron chi connectivity index (χ4n) is 2.65. The first-order valence-corrected chi connectivity index (χ1v) is 9.58. The second kappa shape index (κ2) is 6.41. The number of aromatic nitrogens is 4. The highest BCUT2D eigenvalue weighted by atomic mass is 32.2. The Kier molecular flexibility index (Phi) is 4.43. The summed E-state index contributed by atoms with van der Waals surface area (Å²) >= 11 is 0. The van der Waals surface area contributed by atoms with Gasteiger partial charge in [0.15, 0.2) is 0 Å². The minimum absolute atomic E-state index is 0.0841. The first kappa shape index (κ1) is 17.3. The molecule has 0 unspecified atom stereocenters. The molecule has 1 atom stereocenters. The summed E-state index contributed by atoms with van der Waals surface area (Å²) in [5.41, 5.74) is 6.43. The van der Waals surface area contributed by atoms with Crippen molar-refractivity contribution in [3.8, 4) is 0 Å². The van der Waals surface area contributed by atoms with Gasteiger partial charge in [0.2, 0.25) is 0 Å². The lowest BCUT2D eigenvalue weighted by atomic mass is 10.2. The van der Waals surface area contributed by atoms with Gasteiger partial charge in [-0.1, -0.05) is 0 Å². The highest BCUT2D eigenvalue weighted by Gasteiger charge is 2.24. The molecule has 10 nitrogen and oxygen atoms in total. The predicted molar refractivity (Wildman–Crippen MR) is 88.5 cm³/mol. The van der Waals surface area contributed by atoms with E-state index in [0.717, 1.165) is 11.9 Å². The normalized spacial score (nSPS) is 15.7. The average Bonchev–Trinajstić information content (AvgIpc) is 2.96. The van der Waals surface area contributed by atoms with Crippen LogP contribution in [-0.4, -0.2) is 57.7 Å². The fraction of sp³-hybridized carbons (Fsp3) is 0.429. The van der Waals surface area contributed by atoms with Gasteiger partial charge in [-0.15, -0.1) is 0 Å². The highest BCUT2D eigenvalue weighted by Crippen LogP contribution is 2.22. The lowest BCUT2D eigenvalue weighted by Crippen LogP contribution is -2.34. The van der Waals surface area contributed by atoms with Crippen molar-refractivity contribution in [1.29, 1.82) is 0 Å². The number of nitrogens with zero attached hydrogens (tertiary/aromatic N) is 5. The molecule has 1 aliphatic heterocycles. The van der Waals surface area contributed by atoms with E-state index in [0.29, 0.717) is 31.1 Å². The van der Waals surface area contributed by atoms with E-state index in [-0.39, 0.29) is 11.4 Å². The minimum atomic E-state index is -3.31. The SMILES string of the molecule is CS(=O)(=O)C[C@@H](O)c1cc2n(n1)CCN(c1cncc(C(N)=O)n1)C2. The summed E-state index contributed by atoms with van der Waals surface area (Å²) in [6.45, 7) is 1.55. The monoisotopic (exact) mass is 366 g/mol. The third-order valence-corrected chi connectivity index (χ3v) is 4.74. The van der Waals surface area contributed by atoms with E-state index in [4.69, 9.17) is 5.73 Å². The molecule has 0 fully saturated rings. The summed E-state index contributed by atoms with van der Waals surface area (Å²) < 4.78 is 24.4. The van der Waals surface area contributed by atoms with Crippen molar-refractivity contribution >= 4 is 21.6 Å². The highest BCUT2D eigenvalue weighted by molar-refractivity contribution is 7.90. The van der Waals surface area contributed by atoms with Crippen molar-refractivity contribution in [3.05, 3.63) is 35.5 Å². The largest absolute Gasteiger partial charge is 0.386 e. The molecule has 0 radical (unpaired) electrons. The molecule has 1 amide bonds. The molecule has 0 saturated heterocycles. The summed E-state index contributed by atoms with van der Waals surface area (Å²) in [7, 11) is -3.31. The van der Waals surface area contributed by atoms with E-state index < -0.39 is 21.8 Å². The Bertz CT molecular complexity index is 910.